The van der Waals surface area contributed by atoms with E-state index in [-0.39, 0.29) is 6.42 Å². The van der Waals surface area contributed by atoms with Gasteiger partial charge in [0.05, 0.1) is 0 Å². The highest BCUT2D eigenvalue weighted by atomic mass is 19.1. The predicted octanol–water partition coefficient (Wildman–Crippen LogP) is 3.49. The average Bonchev–Trinajstić information content (AvgIpc) is 2.27. The van der Waals surface area contributed by atoms with Crippen LogP contribution in [0, 0.1) is 23.3 Å². The molecule has 0 radical (unpaired) electrons. The number of hydrogen-bond acceptors (Lipinski definition) is 1. The van der Waals surface area contributed by atoms with Gasteiger partial charge in [0.15, 0.2) is 0 Å². The number of benzene rings is 2. The lowest BCUT2D eigenvalue weighted by Crippen LogP contribution is -2.17. The van der Waals surface area contributed by atoms with Crippen molar-refractivity contribution >= 4 is 0 Å². The molecule has 2 rings (SSSR count). The highest BCUT2D eigenvalue weighted by Gasteiger charge is 2.18. The van der Waals surface area contributed by atoms with E-state index in [2.05, 4.69) is 0 Å². The molecule has 0 aromatic heterocycles. The summed E-state index contributed by atoms with van der Waals surface area (Å²) in [6.45, 7) is 0. The predicted molar refractivity (Wildman–Crippen MR) is 63.3 cm³/mol. The summed E-state index contributed by atoms with van der Waals surface area (Å²) in [4.78, 5) is 0. The molecule has 5 heteroatoms. The number of halogens is 4. The van der Waals surface area contributed by atoms with Crippen molar-refractivity contribution in [3.63, 3.8) is 0 Å². The van der Waals surface area contributed by atoms with Gasteiger partial charge in [0.25, 0.3) is 0 Å². The molecule has 2 aromatic rings. The zero-order chi connectivity index (χ0) is 14.0. The summed E-state index contributed by atoms with van der Waals surface area (Å²) in [7, 11) is 0. The number of hydrogen-bond donors (Lipinski definition) is 1. The van der Waals surface area contributed by atoms with Gasteiger partial charge in [-0.2, -0.15) is 0 Å². The Labute approximate surface area is 107 Å². The van der Waals surface area contributed by atoms with Crippen molar-refractivity contribution < 1.29 is 17.6 Å². The van der Waals surface area contributed by atoms with Crippen molar-refractivity contribution in [3.8, 4) is 0 Å². The molecule has 1 atom stereocenters. The molecule has 1 nitrogen and oxygen atoms in total. The summed E-state index contributed by atoms with van der Waals surface area (Å²) in [5.74, 6) is -3.54. The van der Waals surface area contributed by atoms with Gasteiger partial charge in [-0.3, -0.25) is 0 Å². The third kappa shape index (κ3) is 3.12. The minimum absolute atomic E-state index is 0.0528. The van der Waals surface area contributed by atoms with Crippen LogP contribution in [-0.2, 0) is 6.42 Å². The Morgan fingerprint density at radius 3 is 2.11 bits per heavy atom. The summed E-state index contributed by atoms with van der Waals surface area (Å²) in [6.07, 6.45) is 0.0528. The minimum Gasteiger partial charge on any atom is -0.323 e. The lowest BCUT2D eigenvalue weighted by atomic mass is 9.98. The lowest BCUT2D eigenvalue weighted by Gasteiger charge is -2.14. The van der Waals surface area contributed by atoms with Crippen LogP contribution in [-0.4, -0.2) is 0 Å². The molecule has 2 N–H and O–H groups in total. The molecule has 19 heavy (non-hydrogen) atoms. The molecule has 0 aliphatic carbocycles. The highest BCUT2D eigenvalue weighted by Crippen LogP contribution is 2.23. The Kier molecular flexibility index (Phi) is 3.85. The van der Waals surface area contributed by atoms with Gasteiger partial charge in [-0.25, -0.2) is 17.6 Å². The topological polar surface area (TPSA) is 26.0 Å². The van der Waals surface area contributed by atoms with E-state index in [0.29, 0.717) is 17.7 Å². The first-order chi connectivity index (χ1) is 8.97. The Bertz CT molecular complexity index is 575. The first-order valence-corrected chi connectivity index (χ1v) is 5.62. The Hall–Kier alpha value is -1.88. The zero-order valence-corrected chi connectivity index (χ0v) is 9.84. The molecule has 0 heterocycles. The normalized spacial score (nSPS) is 12.5. The number of nitrogens with two attached hydrogens (primary N) is 1. The molecule has 0 spiro atoms. The molecule has 2 aromatic carbocycles. The van der Waals surface area contributed by atoms with Crippen LogP contribution in [0.25, 0.3) is 0 Å². The van der Waals surface area contributed by atoms with Crippen molar-refractivity contribution in [3.05, 3.63) is 70.8 Å². The molecule has 0 amide bonds. The van der Waals surface area contributed by atoms with E-state index >= 15 is 0 Å². The lowest BCUT2D eigenvalue weighted by molar-refractivity contribution is 0.501. The van der Waals surface area contributed by atoms with E-state index in [0.717, 1.165) is 0 Å². The van der Waals surface area contributed by atoms with Gasteiger partial charge in [-0.15, -0.1) is 0 Å². The fraction of sp³-hybridized carbons (Fsp3) is 0.143. The van der Waals surface area contributed by atoms with Crippen LogP contribution in [0.2, 0.25) is 0 Å². The van der Waals surface area contributed by atoms with Crippen molar-refractivity contribution in [2.24, 2.45) is 5.73 Å². The van der Waals surface area contributed by atoms with E-state index in [1.807, 2.05) is 0 Å². The second-order valence-corrected chi connectivity index (χ2v) is 4.22. The summed E-state index contributed by atoms with van der Waals surface area (Å²) < 4.78 is 52.8. The standard InChI is InChI=1S/C14H11F4N/c15-9-3-1-2-8(4-9)5-13(19)14-11(17)6-10(16)7-12(14)18/h1-4,6-7,13H,5,19H2. The first kappa shape index (κ1) is 13.5. The summed E-state index contributed by atoms with van der Waals surface area (Å²) in [6, 6.07) is 5.71. The summed E-state index contributed by atoms with van der Waals surface area (Å²) >= 11 is 0. The van der Waals surface area contributed by atoms with E-state index in [1.54, 1.807) is 6.07 Å². The van der Waals surface area contributed by atoms with Gasteiger partial charge in [0.1, 0.15) is 23.3 Å². The van der Waals surface area contributed by atoms with Gasteiger partial charge in [-0.05, 0) is 24.1 Å². The largest absolute Gasteiger partial charge is 0.323 e. The van der Waals surface area contributed by atoms with E-state index < -0.39 is 34.9 Å². The fourth-order valence-corrected chi connectivity index (χ4v) is 1.93. The van der Waals surface area contributed by atoms with Crippen LogP contribution in [0.3, 0.4) is 0 Å². The SMILES string of the molecule is NC(Cc1cccc(F)c1)c1c(F)cc(F)cc1F. The van der Waals surface area contributed by atoms with Crippen LogP contribution in [0.1, 0.15) is 17.2 Å². The zero-order valence-electron chi connectivity index (χ0n) is 9.84. The molecule has 0 saturated carbocycles. The van der Waals surface area contributed by atoms with Gasteiger partial charge in [-0.1, -0.05) is 12.1 Å². The minimum atomic E-state index is -1.04. The Morgan fingerprint density at radius 2 is 1.53 bits per heavy atom. The molecule has 0 aliphatic rings. The monoisotopic (exact) mass is 269 g/mol. The van der Waals surface area contributed by atoms with Crippen LogP contribution in [0.5, 0.6) is 0 Å². The molecule has 0 saturated heterocycles. The first-order valence-electron chi connectivity index (χ1n) is 5.62. The maximum Gasteiger partial charge on any atom is 0.133 e. The molecule has 0 aliphatic heterocycles. The molecule has 1 unspecified atom stereocenters. The molecule has 0 fully saturated rings. The van der Waals surface area contributed by atoms with Gasteiger partial charge in [0.2, 0.25) is 0 Å². The number of rotatable bonds is 3. The Balaban J connectivity index is 2.28. The second kappa shape index (κ2) is 5.40. The quantitative estimate of drug-likeness (QED) is 0.848. The van der Waals surface area contributed by atoms with E-state index in [1.165, 1.54) is 18.2 Å². The third-order valence-corrected chi connectivity index (χ3v) is 2.76. The smallest absolute Gasteiger partial charge is 0.133 e. The molecule has 100 valence electrons. The van der Waals surface area contributed by atoms with Crippen molar-refractivity contribution in [2.45, 2.75) is 12.5 Å². The molecular weight excluding hydrogens is 258 g/mol. The van der Waals surface area contributed by atoms with Gasteiger partial charge < -0.3 is 5.73 Å². The molecule has 0 bridgehead atoms. The maximum atomic E-state index is 13.5. The molecular formula is C14H11F4N. The Morgan fingerprint density at radius 1 is 0.895 bits per heavy atom. The fourth-order valence-electron chi connectivity index (χ4n) is 1.93. The van der Waals surface area contributed by atoms with E-state index in [9.17, 15) is 17.6 Å². The second-order valence-electron chi connectivity index (χ2n) is 4.22. The summed E-state index contributed by atoms with van der Waals surface area (Å²) in [5, 5.41) is 0. The van der Waals surface area contributed by atoms with Crippen molar-refractivity contribution in [1.82, 2.24) is 0 Å². The van der Waals surface area contributed by atoms with E-state index in [4.69, 9.17) is 5.73 Å². The van der Waals surface area contributed by atoms with Crippen LogP contribution >= 0.6 is 0 Å². The maximum absolute atomic E-state index is 13.5. The van der Waals surface area contributed by atoms with Crippen molar-refractivity contribution in [2.75, 3.05) is 0 Å². The highest BCUT2D eigenvalue weighted by molar-refractivity contribution is 5.27. The average molecular weight is 269 g/mol. The third-order valence-electron chi connectivity index (χ3n) is 2.76. The van der Waals surface area contributed by atoms with Gasteiger partial charge in [0, 0.05) is 23.7 Å². The van der Waals surface area contributed by atoms with Crippen LogP contribution in [0.15, 0.2) is 36.4 Å². The summed E-state index contributed by atoms with van der Waals surface area (Å²) in [5.41, 5.74) is 5.82. The van der Waals surface area contributed by atoms with Gasteiger partial charge >= 0.3 is 0 Å². The van der Waals surface area contributed by atoms with Crippen LogP contribution in [0.4, 0.5) is 17.6 Å². The van der Waals surface area contributed by atoms with Crippen molar-refractivity contribution in [1.29, 1.82) is 0 Å². The van der Waals surface area contributed by atoms with Crippen LogP contribution < -0.4 is 5.73 Å².